The third-order valence-electron chi connectivity index (χ3n) is 4.81. The lowest BCUT2D eigenvalue weighted by molar-refractivity contribution is -0.121. The van der Waals surface area contributed by atoms with Crippen molar-refractivity contribution in [2.75, 3.05) is 5.73 Å². The van der Waals surface area contributed by atoms with Crippen LogP contribution in [-0.4, -0.2) is 15.7 Å². The number of nitrogens with zero attached hydrogens (tertiary/aromatic N) is 2. The van der Waals surface area contributed by atoms with E-state index in [1.165, 1.54) is 0 Å². The van der Waals surface area contributed by atoms with Crippen molar-refractivity contribution < 1.29 is 13.6 Å². The molecule has 0 bridgehead atoms. The van der Waals surface area contributed by atoms with Crippen molar-refractivity contribution in [3.05, 3.63) is 46.3 Å². The van der Waals surface area contributed by atoms with Crippen LogP contribution in [0.4, 0.5) is 14.5 Å². The normalized spacial score (nSPS) is 16.1. The molecular formula is C18H23ClF2N4O. The molecule has 1 aliphatic carbocycles. The molecule has 142 valence electrons. The lowest BCUT2D eigenvalue weighted by atomic mass is 9.87. The van der Waals surface area contributed by atoms with Crippen LogP contribution in [0.25, 0.3) is 0 Å². The summed E-state index contributed by atoms with van der Waals surface area (Å²) in [7, 11) is 0. The van der Waals surface area contributed by atoms with E-state index in [9.17, 15) is 13.6 Å². The fourth-order valence-corrected chi connectivity index (χ4v) is 3.53. The summed E-state index contributed by atoms with van der Waals surface area (Å²) in [6, 6.07) is 5.68. The summed E-state index contributed by atoms with van der Waals surface area (Å²) in [5, 5.41) is 6.86. The van der Waals surface area contributed by atoms with Gasteiger partial charge in [-0.3, -0.25) is 4.79 Å². The number of fused-ring (bicyclic) bond motifs is 1. The standard InChI is InChI=1S/C18H22F2N4O.ClH/c1-10-15(11(2)24(23-10)18(19)20)9-17(25)22-16-5-3-4-12-8-13(21)6-7-14(12)16;/h6-8,16,18H,3-5,9,21H2,1-2H3,(H,22,25);1H. The van der Waals surface area contributed by atoms with E-state index in [0.717, 1.165) is 36.1 Å². The van der Waals surface area contributed by atoms with Gasteiger partial charge in [0, 0.05) is 16.9 Å². The molecule has 1 amide bonds. The molecule has 0 fully saturated rings. The maximum absolute atomic E-state index is 12.9. The molecule has 0 aliphatic heterocycles. The maximum atomic E-state index is 12.9. The summed E-state index contributed by atoms with van der Waals surface area (Å²) >= 11 is 0. The van der Waals surface area contributed by atoms with Crippen LogP contribution in [0.2, 0.25) is 0 Å². The Labute approximate surface area is 157 Å². The summed E-state index contributed by atoms with van der Waals surface area (Å²) in [6.07, 6.45) is 2.83. The third-order valence-corrected chi connectivity index (χ3v) is 4.81. The van der Waals surface area contributed by atoms with Gasteiger partial charge in [0.2, 0.25) is 5.91 Å². The van der Waals surface area contributed by atoms with Gasteiger partial charge in [-0.25, -0.2) is 4.68 Å². The number of nitrogen functional groups attached to an aromatic ring is 1. The van der Waals surface area contributed by atoms with Crippen LogP contribution in [0.15, 0.2) is 18.2 Å². The Kier molecular flexibility index (Phi) is 6.23. The molecular weight excluding hydrogens is 362 g/mol. The number of hydrogen-bond acceptors (Lipinski definition) is 3. The number of halogens is 3. The van der Waals surface area contributed by atoms with Crippen molar-refractivity contribution in [1.82, 2.24) is 15.1 Å². The maximum Gasteiger partial charge on any atom is 0.333 e. The van der Waals surface area contributed by atoms with Crippen LogP contribution in [0.3, 0.4) is 0 Å². The molecule has 0 spiro atoms. The Morgan fingerprint density at radius 1 is 1.42 bits per heavy atom. The second-order valence-electron chi connectivity index (χ2n) is 6.52. The highest BCUT2D eigenvalue weighted by molar-refractivity contribution is 5.85. The number of amides is 1. The summed E-state index contributed by atoms with van der Waals surface area (Å²) in [4.78, 5) is 12.5. The molecule has 26 heavy (non-hydrogen) atoms. The highest BCUT2D eigenvalue weighted by atomic mass is 35.5. The molecule has 0 saturated carbocycles. The largest absolute Gasteiger partial charge is 0.399 e. The van der Waals surface area contributed by atoms with E-state index in [0.29, 0.717) is 21.6 Å². The molecule has 1 atom stereocenters. The zero-order valence-electron chi connectivity index (χ0n) is 14.8. The van der Waals surface area contributed by atoms with Gasteiger partial charge in [0.1, 0.15) is 0 Å². The Morgan fingerprint density at radius 3 is 2.81 bits per heavy atom. The molecule has 5 nitrogen and oxygen atoms in total. The van der Waals surface area contributed by atoms with Crippen molar-refractivity contribution in [3.8, 4) is 0 Å². The zero-order chi connectivity index (χ0) is 18.1. The predicted molar refractivity (Wildman–Crippen MR) is 98.6 cm³/mol. The SMILES string of the molecule is Cc1nn(C(F)F)c(C)c1CC(=O)NC1CCCc2cc(N)ccc21.Cl. The highest BCUT2D eigenvalue weighted by Gasteiger charge is 2.24. The van der Waals surface area contributed by atoms with Crippen molar-refractivity contribution >= 4 is 24.0 Å². The fourth-order valence-electron chi connectivity index (χ4n) is 3.53. The summed E-state index contributed by atoms with van der Waals surface area (Å²) in [6.45, 7) is 0.506. The number of alkyl halides is 2. The highest BCUT2D eigenvalue weighted by Crippen LogP contribution is 2.31. The van der Waals surface area contributed by atoms with Crippen LogP contribution in [0.1, 0.15) is 53.5 Å². The number of rotatable bonds is 4. The molecule has 3 N–H and O–H groups in total. The molecule has 1 aromatic carbocycles. The van der Waals surface area contributed by atoms with Gasteiger partial charge in [0.05, 0.1) is 18.2 Å². The van der Waals surface area contributed by atoms with E-state index >= 15 is 0 Å². The minimum absolute atomic E-state index is 0. The average Bonchev–Trinajstić information content (AvgIpc) is 2.83. The van der Waals surface area contributed by atoms with E-state index in [4.69, 9.17) is 5.73 Å². The fraction of sp³-hybridized carbons (Fsp3) is 0.444. The molecule has 1 heterocycles. The van der Waals surface area contributed by atoms with Crippen molar-refractivity contribution in [2.24, 2.45) is 0 Å². The van der Waals surface area contributed by atoms with E-state index < -0.39 is 6.55 Å². The molecule has 1 unspecified atom stereocenters. The Hall–Kier alpha value is -2.15. The van der Waals surface area contributed by atoms with Gasteiger partial charge in [-0.2, -0.15) is 13.9 Å². The van der Waals surface area contributed by atoms with Crippen molar-refractivity contribution in [2.45, 2.75) is 52.1 Å². The van der Waals surface area contributed by atoms with Crippen molar-refractivity contribution in [1.29, 1.82) is 0 Å². The number of aromatic nitrogens is 2. The number of hydrogen-bond donors (Lipinski definition) is 2. The van der Waals surface area contributed by atoms with Gasteiger partial charge >= 0.3 is 6.55 Å². The first-order valence-corrected chi connectivity index (χ1v) is 8.37. The first kappa shape index (κ1) is 20.2. The summed E-state index contributed by atoms with van der Waals surface area (Å²) in [5.74, 6) is -0.185. The number of carbonyl (C=O) groups excluding carboxylic acids is 1. The summed E-state index contributed by atoms with van der Waals surface area (Å²) in [5.41, 5.74) is 10.2. The van der Waals surface area contributed by atoms with Gasteiger partial charge in [-0.1, -0.05) is 6.07 Å². The smallest absolute Gasteiger partial charge is 0.333 e. The van der Waals surface area contributed by atoms with Gasteiger partial charge in [-0.05, 0) is 56.4 Å². The predicted octanol–water partition coefficient (Wildman–Crippen LogP) is 3.64. The Bertz CT molecular complexity index is 807. The van der Waals surface area contributed by atoms with E-state index in [1.807, 2.05) is 18.2 Å². The molecule has 3 rings (SSSR count). The number of carbonyl (C=O) groups is 1. The van der Waals surface area contributed by atoms with E-state index in [-0.39, 0.29) is 30.8 Å². The van der Waals surface area contributed by atoms with Gasteiger partial charge < -0.3 is 11.1 Å². The van der Waals surface area contributed by atoms with Gasteiger partial charge in [-0.15, -0.1) is 12.4 Å². The first-order valence-electron chi connectivity index (χ1n) is 8.37. The number of anilines is 1. The average molecular weight is 385 g/mol. The third kappa shape index (κ3) is 3.98. The van der Waals surface area contributed by atoms with Crippen LogP contribution in [0.5, 0.6) is 0 Å². The number of nitrogens with two attached hydrogens (primary N) is 1. The molecule has 1 aliphatic rings. The van der Waals surface area contributed by atoms with Crippen LogP contribution < -0.4 is 11.1 Å². The lowest BCUT2D eigenvalue weighted by Crippen LogP contribution is -2.32. The van der Waals surface area contributed by atoms with E-state index in [2.05, 4.69) is 10.4 Å². The molecule has 0 saturated heterocycles. The number of benzene rings is 1. The summed E-state index contributed by atoms with van der Waals surface area (Å²) < 4.78 is 26.5. The Morgan fingerprint density at radius 2 is 2.15 bits per heavy atom. The second kappa shape index (κ2) is 8.03. The molecule has 0 radical (unpaired) electrons. The monoisotopic (exact) mass is 384 g/mol. The van der Waals surface area contributed by atoms with Gasteiger partial charge in [0.25, 0.3) is 0 Å². The number of nitrogens with one attached hydrogen (secondary N) is 1. The molecule has 1 aromatic heterocycles. The van der Waals surface area contributed by atoms with Crippen LogP contribution in [0, 0.1) is 13.8 Å². The van der Waals surface area contributed by atoms with E-state index in [1.54, 1.807) is 13.8 Å². The quantitative estimate of drug-likeness (QED) is 0.790. The van der Waals surface area contributed by atoms with Crippen molar-refractivity contribution in [3.63, 3.8) is 0 Å². The minimum atomic E-state index is -2.70. The van der Waals surface area contributed by atoms with Crippen LogP contribution >= 0.6 is 12.4 Å². The number of aryl methyl sites for hydroxylation is 2. The Balaban J connectivity index is 0.00000243. The van der Waals surface area contributed by atoms with Gasteiger partial charge in [0.15, 0.2) is 0 Å². The molecule has 2 aromatic rings. The second-order valence-corrected chi connectivity index (χ2v) is 6.52. The lowest BCUT2D eigenvalue weighted by Gasteiger charge is -2.26. The van der Waals surface area contributed by atoms with Crippen LogP contribution in [-0.2, 0) is 17.6 Å². The molecule has 8 heteroatoms. The first-order chi connectivity index (χ1) is 11.9. The minimum Gasteiger partial charge on any atom is -0.399 e. The zero-order valence-corrected chi connectivity index (χ0v) is 15.6. The topological polar surface area (TPSA) is 72.9 Å².